The predicted octanol–water partition coefficient (Wildman–Crippen LogP) is 1.82. The van der Waals surface area contributed by atoms with Crippen LogP contribution in [0.15, 0.2) is 47.4 Å². The fourth-order valence-electron chi connectivity index (χ4n) is 3.49. The highest BCUT2D eigenvalue weighted by atomic mass is 127. The molecular weight excluding hydrogens is 523 g/mol. The highest BCUT2D eigenvalue weighted by molar-refractivity contribution is 14.1. The normalized spacial score (nSPS) is 20.8. The van der Waals surface area contributed by atoms with Crippen molar-refractivity contribution < 1.29 is 23.5 Å². The summed E-state index contributed by atoms with van der Waals surface area (Å²) in [5.41, 5.74) is 3.84. The van der Waals surface area contributed by atoms with E-state index in [1.54, 1.807) is 12.3 Å². The number of carbonyl (C=O) groups is 1. The van der Waals surface area contributed by atoms with Crippen molar-refractivity contribution in [3.8, 4) is 11.1 Å². The van der Waals surface area contributed by atoms with Gasteiger partial charge < -0.3 is 9.67 Å². The van der Waals surface area contributed by atoms with Crippen LogP contribution in [0.4, 0.5) is 0 Å². The van der Waals surface area contributed by atoms with Crippen LogP contribution in [-0.4, -0.2) is 44.3 Å². The highest BCUT2D eigenvalue weighted by Gasteiger charge is 2.45. The molecule has 1 aliphatic rings. The van der Waals surface area contributed by atoms with Gasteiger partial charge in [0.15, 0.2) is 9.84 Å². The number of halogens is 1. The van der Waals surface area contributed by atoms with Crippen LogP contribution in [0.2, 0.25) is 0 Å². The van der Waals surface area contributed by atoms with E-state index in [1.807, 2.05) is 24.3 Å². The van der Waals surface area contributed by atoms with Gasteiger partial charge in [0.05, 0.1) is 6.10 Å². The molecule has 10 heteroatoms. The molecule has 1 fully saturated rings. The van der Waals surface area contributed by atoms with E-state index in [2.05, 4.69) is 0 Å². The number of amides is 1. The minimum atomic E-state index is -3.84. The van der Waals surface area contributed by atoms with E-state index in [1.165, 1.54) is 44.3 Å². The molecule has 0 bridgehead atoms. The average Bonchev–Trinajstić information content (AvgIpc) is 2.69. The van der Waals surface area contributed by atoms with Gasteiger partial charge in [-0.15, -0.1) is 0 Å². The summed E-state index contributed by atoms with van der Waals surface area (Å²) in [6.45, 7) is -0.00844. The monoisotopic (exact) mass is 546 g/mol. The Labute approximate surface area is 187 Å². The van der Waals surface area contributed by atoms with E-state index in [4.69, 9.17) is 5.21 Å². The molecule has 1 aromatic heterocycles. The molecule has 8 nitrogen and oxygen atoms in total. The smallest absolute Gasteiger partial charge is 0.274 e. The fourth-order valence-corrected chi connectivity index (χ4v) is 4.70. The molecule has 3 N–H and O–H groups in total. The molecule has 1 amide bonds. The number of pyridine rings is 1. The Morgan fingerprint density at radius 2 is 1.87 bits per heavy atom. The number of nitrogens with one attached hydrogen (secondary N) is 1. The first-order valence-corrected chi connectivity index (χ1v) is 12.3. The van der Waals surface area contributed by atoms with E-state index >= 15 is 0 Å². The molecule has 0 spiro atoms. The number of hydrogen-bond acceptors (Lipinski definition) is 6. The first-order valence-electron chi connectivity index (χ1n) is 9.37. The van der Waals surface area contributed by atoms with Gasteiger partial charge in [0.2, 0.25) is 2.75 Å². The average molecular weight is 546 g/mol. The summed E-state index contributed by atoms with van der Waals surface area (Å²) in [6.07, 6.45) is 3.62. The number of rotatable bonds is 7. The van der Waals surface area contributed by atoms with Crippen LogP contribution >= 0.6 is 22.6 Å². The minimum absolute atomic E-state index is 0.00844. The zero-order valence-corrected chi connectivity index (χ0v) is 19.3. The van der Waals surface area contributed by atoms with Crippen LogP contribution in [0.5, 0.6) is 0 Å². The summed E-state index contributed by atoms with van der Waals surface area (Å²) in [6, 6.07) is 11.1. The van der Waals surface area contributed by atoms with Gasteiger partial charge in [0.25, 0.3) is 11.5 Å². The maximum Gasteiger partial charge on any atom is 0.274 e. The number of carbonyl (C=O) groups excluding carboxylic acids is 1. The molecule has 1 atom stereocenters. The van der Waals surface area contributed by atoms with Crippen LogP contribution in [0.3, 0.4) is 0 Å². The zero-order valence-electron chi connectivity index (χ0n) is 16.3. The number of alkyl halides is 1. The van der Waals surface area contributed by atoms with Gasteiger partial charge >= 0.3 is 0 Å². The van der Waals surface area contributed by atoms with Gasteiger partial charge in [-0.25, -0.2) is 13.9 Å². The third-order valence-corrected chi connectivity index (χ3v) is 10.5. The number of hydrogen-bond donors (Lipinski definition) is 3. The number of benzene rings is 1. The van der Waals surface area contributed by atoms with E-state index in [0.717, 1.165) is 30.2 Å². The lowest BCUT2D eigenvalue weighted by Gasteiger charge is -2.31. The molecule has 162 valence electrons. The molecular formula is C20H23IN2O6S. The number of sulfone groups is 1. The van der Waals surface area contributed by atoms with Crippen molar-refractivity contribution in [2.45, 2.75) is 40.6 Å². The number of nitrogens with zero attached hydrogens (tertiary/aromatic N) is 1. The molecule has 1 heterocycles. The van der Waals surface area contributed by atoms with Crippen LogP contribution in [0, 0.1) is 0 Å². The van der Waals surface area contributed by atoms with E-state index in [0.29, 0.717) is 5.92 Å². The lowest BCUT2D eigenvalue weighted by Crippen LogP contribution is -2.47. The summed E-state index contributed by atoms with van der Waals surface area (Å²) in [5, 5.41) is 18.3. The maximum absolute atomic E-state index is 12.5. The zero-order chi connectivity index (χ0) is 22.1. The van der Waals surface area contributed by atoms with E-state index in [-0.39, 0.29) is 24.6 Å². The first-order chi connectivity index (χ1) is 14.0. The van der Waals surface area contributed by atoms with E-state index in [9.17, 15) is 23.1 Å². The lowest BCUT2D eigenvalue weighted by molar-refractivity contribution is -0.129. The number of aromatic nitrogens is 1. The van der Waals surface area contributed by atoms with Crippen LogP contribution in [0.1, 0.15) is 30.7 Å². The molecule has 3 rings (SSSR count). The van der Waals surface area contributed by atoms with Crippen molar-refractivity contribution >= 4 is 38.3 Å². The Hall–Kier alpha value is -1.76. The number of aryl methyl sites for hydroxylation is 1. The van der Waals surface area contributed by atoms with Crippen molar-refractivity contribution in [2.24, 2.45) is 0 Å². The third kappa shape index (κ3) is 4.61. The third-order valence-electron chi connectivity index (χ3n) is 5.53. The quantitative estimate of drug-likeness (QED) is 0.211. The molecule has 1 aromatic carbocycles. The molecule has 1 saturated carbocycles. The molecule has 0 unspecified atom stereocenters. The topological polar surface area (TPSA) is 126 Å². The fraction of sp³-hybridized carbons (Fsp3) is 0.400. The Morgan fingerprint density at radius 3 is 2.37 bits per heavy atom. The highest BCUT2D eigenvalue weighted by Crippen LogP contribution is 2.37. The van der Waals surface area contributed by atoms with Gasteiger partial charge in [-0.05, 0) is 41.5 Å². The van der Waals surface area contributed by atoms with E-state index < -0.39 is 18.5 Å². The van der Waals surface area contributed by atoms with Crippen LogP contribution in [-0.2, 0) is 21.2 Å². The van der Waals surface area contributed by atoms with Crippen LogP contribution < -0.4 is 11.0 Å². The van der Waals surface area contributed by atoms with Crippen molar-refractivity contribution in [1.82, 2.24) is 10.0 Å². The number of aliphatic hydroxyl groups is 1. The minimum Gasteiger partial charge on any atom is -0.393 e. The SMILES string of the molecule is CS(=O)(=O)[C@](I)(CCn1ccc(-c2ccc(C3CC(O)C3)cc2)cc1=O)C(=O)NO. The maximum atomic E-state index is 12.5. The van der Waals surface area contributed by atoms with Gasteiger partial charge in [-0.2, -0.15) is 0 Å². The Morgan fingerprint density at radius 1 is 1.23 bits per heavy atom. The summed E-state index contributed by atoms with van der Waals surface area (Å²) in [4.78, 5) is 24.4. The molecule has 0 saturated heterocycles. The van der Waals surface area contributed by atoms with Crippen molar-refractivity contribution in [2.75, 3.05) is 6.26 Å². The van der Waals surface area contributed by atoms with Crippen LogP contribution in [0.25, 0.3) is 11.1 Å². The summed E-state index contributed by atoms with van der Waals surface area (Å²) in [5.74, 6) is -0.670. The van der Waals surface area contributed by atoms with Gasteiger partial charge in [0.1, 0.15) is 0 Å². The molecule has 30 heavy (non-hydrogen) atoms. The predicted molar refractivity (Wildman–Crippen MR) is 120 cm³/mol. The van der Waals surface area contributed by atoms with Gasteiger partial charge in [-0.1, -0.05) is 46.9 Å². The van der Waals surface area contributed by atoms with Crippen molar-refractivity contribution in [1.29, 1.82) is 0 Å². The van der Waals surface area contributed by atoms with Gasteiger partial charge in [0, 0.05) is 31.5 Å². The Bertz CT molecular complexity index is 1090. The first kappa shape index (κ1) is 22.9. The second-order valence-electron chi connectivity index (χ2n) is 7.58. The summed E-state index contributed by atoms with van der Waals surface area (Å²) < 4.78 is 23.5. The summed E-state index contributed by atoms with van der Waals surface area (Å²) >= 11 is 1.49. The number of aliphatic hydroxyl groups excluding tert-OH is 1. The van der Waals surface area contributed by atoms with Gasteiger partial charge in [-0.3, -0.25) is 14.8 Å². The van der Waals surface area contributed by atoms with Crippen molar-refractivity contribution in [3.63, 3.8) is 0 Å². The van der Waals surface area contributed by atoms with Crippen molar-refractivity contribution in [3.05, 3.63) is 58.5 Å². The molecule has 2 aromatic rings. The molecule has 0 radical (unpaired) electrons. The summed E-state index contributed by atoms with van der Waals surface area (Å²) in [7, 11) is -3.84. The standard InChI is InChI=1S/C20H23IN2O6S/c1-30(28,29)20(21,19(26)22-27)7-9-23-8-6-15(12-18(23)25)13-2-4-14(5-3-13)16-10-17(24)11-16/h2-6,8,12,16-17,24,27H,7,9-11H2,1H3,(H,22,26)/t16?,17?,20-/m1/s1. The molecule has 1 aliphatic carbocycles. The Kier molecular flexibility index (Phi) is 6.70. The number of hydroxylamine groups is 1. The second-order valence-corrected chi connectivity index (χ2v) is 12.4. The lowest BCUT2D eigenvalue weighted by atomic mass is 9.77. The molecule has 0 aliphatic heterocycles. The largest absolute Gasteiger partial charge is 0.393 e. The second kappa shape index (κ2) is 8.77. The Balaban J connectivity index is 1.75.